The van der Waals surface area contributed by atoms with Crippen molar-refractivity contribution in [3.63, 3.8) is 0 Å². The van der Waals surface area contributed by atoms with E-state index in [0.29, 0.717) is 12.1 Å². The summed E-state index contributed by atoms with van der Waals surface area (Å²) in [6.07, 6.45) is 3.01. The maximum atomic E-state index is 12.8. The molecule has 4 rings (SSSR count). The zero-order chi connectivity index (χ0) is 16.5. The topological polar surface area (TPSA) is 58.4 Å². The summed E-state index contributed by atoms with van der Waals surface area (Å²) in [6.45, 7) is 2.43. The molecule has 0 spiro atoms. The van der Waals surface area contributed by atoms with Gasteiger partial charge in [0.25, 0.3) is 5.91 Å². The van der Waals surface area contributed by atoms with E-state index in [9.17, 15) is 4.79 Å². The van der Waals surface area contributed by atoms with Crippen LogP contribution in [0.5, 0.6) is 0 Å². The molecule has 0 fully saturated rings. The first kappa shape index (κ1) is 14.5. The van der Waals surface area contributed by atoms with E-state index in [4.69, 9.17) is 4.42 Å². The summed E-state index contributed by atoms with van der Waals surface area (Å²) in [7, 11) is 0. The number of carbonyl (C=O) groups is 1. The number of anilines is 1. The lowest BCUT2D eigenvalue weighted by molar-refractivity contribution is 0.0714. The van der Waals surface area contributed by atoms with Crippen LogP contribution in [0.4, 0.5) is 5.69 Å². The van der Waals surface area contributed by atoms with Crippen molar-refractivity contribution in [3.05, 3.63) is 83.6 Å². The highest BCUT2D eigenvalue weighted by molar-refractivity contribution is 5.98. The fraction of sp³-hybridized carbons (Fsp3) is 0.158. The lowest BCUT2D eigenvalue weighted by Gasteiger charge is -2.25. The normalized spacial score (nSPS) is 16.3. The number of aryl methyl sites for hydroxylation is 1. The average Bonchev–Trinajstić information content (AvgIpc) is 3.18. The van der Waals surface area contributed by atoms with E-state index in [2.05, 4.69) is 16.4 Å². The predicted octanol–water partition coefficient (Wildman–Crippen LogP) is 3.75. The molecule has 1 aliphatic heterocycles. The molecule has 2 aromatic heterocycles. The van der Waals surface area contributed by atoms with Crippen LogP contribution in [0.15, 0.2) is 65.4 Å². The summed E-state index contributed by atoms with van der Waals surface area (Å²) in [5.41, 5.74) is 3.49. The van der Waals surface area contributed by atoms with Gasteiger partial charge in [0.2, 0.25) is 0 Å². The van der Waals surface area contributed by atoms with E-state index in [1.54, 1.807) is 23.4 Å². The van der Waals surface area contributed by atoms with Crippen LogP contribution in [0.1, 0.15) is 33.5 Å². The SMILES string of the molecule is Cc1cccc(NC2c3ncccc3C(=O)N2Cc2ccco2)c1. The number of amides is 1. The third-order valence-electron chi connectivity index (χ3n) is 4.13. The monoisotopic (exact) mass is 319 g/mol. The first-order valence-corrected chi connectivity index (χ1v) is 7.84. The fourth-order valence-corrected chi connectivity index (χ4v) is 3.01. The van der Waals surface area contributed by atoms with Crippen LogP contribution in [0, 0.1) is 6.92 Å². The number of nitrogens with zero attached hydrogens (tertiary/aromatic N) is 2. The molecule has 1 atom stereocenters. The van der Waals surface area contributed by atoms with Gasteiger partial charge in [-0.05, 0) is 48.9 Å². The minimum atomic E-state index is -0.319. The van der Waals surface area contributed by atoms with E-state index in [0.717, 1.165) is 22.7 Å². The number of carbonyl (C=O) groups excluding carboxylic acids is 1. The summed E-state index contributed by atoms with van der Waals surface area (Å²) in [6, 6.07) is 15.4. The van der Waals surface area contributed by atoms with Crippen molar-refractivity contribution in [2.75, 3.05) is 5.32 Å². The number of hydrogen-bond donors (Lipinski definition) is 1. The smallest absolute Gasteiger partial charge is 0.258 e. The van der Waals surface area contributed by atoms with Crippen molar-refractivity contribution in [2.45, 2.75) is 19.6 Å². The van der Waals surface area contributed by atoms with Crippen LogP contribution in [0.2, 0.25) is 0 Å². The van der Waals surface area contributed by atoms with Gasteiger partial charge in [-0.25, -0.2) is 0 Å². The molecule has 0 bridgehead atoms. The van der Waals surface area contributed by atoms with E-state index >= 15 is 0 Å². The molecule has 1 aliphatic rings. The second-order valence-corrected chi connectivity index (χ2v) is 5.86. The Morgan fingerprint density at radius 1 is 1.21 bits per heavy atom. The zero-order valence-electron chi connectivity index (χ0n) is 13.3. The minimum absolute atomic E-state index is 0.0420. The molecule has 5 nitrogen and oxygen atoms in total. The molecule has 1 aromatic carbocycles. The molecule has 0 saturated heterocycles. The maximum absolute atomic E-state index is 12.8. The van der Waals surface area contributed by atoms with Crippen molar-refractivity contribution < 1.29 is 9.21 Å². The molecule has 1 amide bonds. The Balaban J connectivity index is 1.70. The predicted molar refractivity (Wildman–Crippen MR) is 90.4 cm³/mol. The van der Waals surface area contributed by atoms with E-state index in [1.165, 1.54) is 0 Å². The highest BCUT2D eigenvalue weighted by Crippen LogP contribution is 2.34. The molecular formula is C19H17N3O2. The van der Waals surface area contributed by atoms with Gasteiger partial charge in [-0.15, -0.1) is 0 Å². The number of benzene rings is 1. The summed E-state index contributed by atoms with van der Waals surface area (Å²) in [5.74, 6) is 0.701. The van der Waals surface area contributed by atoms with Crippen molar-refractivity contribution >= 4 is 11.6 Å². The second kappa shape index (κ2) is 5.85. The molecule has 0 radical (unpaired) electrons. The second-order valence-electron chi connectivity index (χ2n) is 5.86. The van der Waals surface area contributed by atoms with Gasteiger partial charge in [-0.3, -0.25) is 9.78 Å². The number of furan rings is 1. The molecule has 3 heterocycles. The molecule has 24 heavy (non-hydrogen) atoms. The highest BCUT2D eigenvalue weighted by atomic mass is 16.3. The van der Waals surface area contributed by atoms with Crippen LogP contribution >= 0.6 is 0 Å². The number of rotatable bonds is 4. The van der Waals surface area contributed by atoms with Crippen LogP contribution in [0.25, 0.3) is 0 Å². The highest BCUT2D eigenvalue weighted by Gasteiger charge is 2.38. The molecule has 5 heteroatoms. The van der Waals surface area contributed by atoms with Gasteiger partial charge in [0, 0.05) is 11.9 Å². The largest absolute Gasteiger partial charge is 0.467 e. The number of aromatic nitrogens is 1. The number of nitrogens with one attached hydrogen (secondary N) is 1. The summed E-state index contributed by atoms with van der Waals surface area (Å²) in [5, 5.41) is 3.43. The van der Waals surface area contributed by atoms with Gasteiger partial charge in [0.15, 0.2) is 0 Å². The van der Waals surface area contributed by atoms with Crippen LogP contribution in [-0.4, -0.2) is 15.8 Å². The Morgan fingerprint density at radius 3 is 2.92 bits per heavy atom. The lowest BCUT2D eigenvalue weighted by Crippen LogP contribution is -2.32. The van der Waals surface area contributed by atoms with Gasteiger partial charge in [-0.1, -0.05) is 12.1 Å². The number of pyridine rings is 1. The van der Waals surface area contributed by atoms with Crippen LogP contribution in [-0.2, 0) is 6.54 Å². The molecule has 0 saturated carbocycles. The van der Waals surface area contributed by atoms with Crippen molar-refractivity contribution in [2.24, 2.45) is 0 Å². The summed E-state index contributed by atoms with van der Waals surface area (Å²) >= 11 is 0. The van der Waals surface area contributed by atoms with Gasteiger partial charge in [-0.2, -0.15) is 0 Å². The first-order chi connectivity index (χ1) is 11.7. The van der Waals surface area contributed by atoms with Crippen molar-refractivity contribution in [1.82, 2.24) is 9.88 Å². The standard InChI is InChI=1S/C19H17N3O2/c1-13-5-2-6-14(11-13)21-18-17-16(8-3-9-20-17)19(23)22(18)12-15-7-4-10-24-15/h2-11,18,21H,12H2,1H3. The van der Waals surface area contributed by atoms with Crippen molar-refractivity contribution in [1.29, 1.82) is 0 Å². The molecule has 1 N–H and O–H groups in total. The lowest BCUT2D eigenvalue weighted by atomic mass is 10.2. The van der Waals surface area contributed by atoms with Gasteiger partial charge in [0.05, 0.1) is 24.1 Å². The Morgan fingerprint density at radius 2 is 2.12 bits per heavy atom. The summed E-state index contributed by atoms with van der Waals surface area (Å²) < 4.78 is 5.42. The van der Waals surface area contributed by atoms with Crippen molar-refractivity contribution in [3.8, 4) is 0 Å². The molecule has 120 valence electrons. The Labute approximate surface area is 139 Å². The first-order valence-electron chi connectivity index (χ1n) is 7.84. The number of fused-ring (bicyclic) bond motifs is 1. The minimum Gasteiger partial charge on any atom is -0.467 e. The fourth-order valence-electron chi connectivity index (χ4n) is 3.01. The van der Waals surface area contributed by atoms with Gasteiger partial charge in [0.1, 0.15) is 11.9 Å². The Hall–Kier alpha value is -3.08. The summed E-state index contributed by atoms with van der Waals surface area (Å²) in [4.78, 5) is 19.0. The van der Waals surface area contributed by atoms with Crippen LogP contribution < -0.4 is 5.32 Å². The number of hydrogen-bond acceptors (Lipinski definition) is 4. The van der Waals surface area contributed by atoms with Gasteiger partial charge < -0.3 is 14.6 Å². The third kappa shape index (κ3) is 2.54. The van der Waals surface area contributed by atoms with E-state index < -0.39 is 0 Å². The van der Waals surface area contributed by atoms with E-state index in [-0.39, 0.29) is 12.1 Å². The quantitative estimate of drug-likeness (QED) is 0.795. The van der Waals surface area contributed by atoms with E-state index in [1.807, 2.05) is 43.3 Å². The Kier molecular flexibility index (Phi) is 3.54. The molecule has 1 unspecified atom stereocenters. The third-order valence-corrected chi connectivity index (χ3v) is 4.13. The zero-order valence-corrected chi connectivity index (χ0v) is 13.3. The van der Waals surface area contributed by atoms with Gasteiger partial charge >= 0.3 is 0 Å². The molecular weight excluding hydrogens is 302 g/mol. The molecule has 3 aromatic rings. The Bertz CT molecular complexity index is 874. The molecule has 0 aliphatic carbocycles. The van der Waals surface area contributed by atoms with Crippen LogP contribution in [0.3, 0.4) is 0 Å². The maximum Gasteiger partial charge on any atom is 0.258 e. The average molecular weight is 319 g/mol.